The quantitative estimate of drug-likeness (QED) is 0.443. The van der Waals surface area contributed by atoms with Crippen LogP contribution in [0.1, 0.15) is 72.4 Å². The highest BCUT2D eigenvalue weighted by molar-refractivity contribution is 6.31. The molecule has 1 aromatic carbocycles. The number of rotatable bonds is 6. The maximum atomic E-state index is 13.9. The Labute approximate surface area is 239 Å². The number of imidazole rings is 1. The first-order valence-electron chi connectivity index (χ1n) is 13.0. The van der Waals surface area contributed by atoms with Crippen molar-refractivity contribution in [1.82, 2.24) is 29.3 Å². The molecule has 2 N–H and O–H groups in total. The Morgan fingerprint density at radius 2 is 1.83 bits per heavy atom. The number of aromatic nitrogens is 4. The van der Waals surface area contributed by atoms with E-state index in [9.17, 15) is 27.6 Å². The monoisotopic (exact) mass is 593 g/mol. The van der Waals surface area contributed by atoms with Crippen molar-refractivity contribution in [3.8, 4) is 5.82 Å². The molecule has 10 nitrogen and oxygen atoms in total. The molecule has 220 valence electrons. The molecular formula is C27H31ClF3N7O3. The molecule has 4 rings (SSSR count). The number of anilines is 1. The molecule has 0 unspecified atom stereocenters. The van der Waals surface area contributed by atoms with Gasteiger partial charge in [-0.3, -0.25) is 14.4 Å². The summed E-state index contributed by atoms with van der Waals surface area (Å²) in [5, 5.41) is 5.42. The summed E-state index contributed by atoms with van der Waals surface area (Å²) in [6.45, 7) is 8.98. The van der Waals surface area contributed by atoms with E-state index in [1.807, 2.05) is 27.7 Å². The Morgan fingerprint density at radius 1 is 1.15 bits per heavy atom. The summed E-state index contributed by atoms with van der Waals surface area (Å²) in [7, 11) is 1.62. The van der Waals surface area contributed by atoms with Crippen LogP contribution in [-0.4, -0.2) is 53.9 Å². The number of amides is 2. The van der Waals surface area contributed by atoms with Crippen molar-refractivity contribution in [3.05, 3.63) is 68.0 Å². The number of hydrogen-bond donors (Lipinski definition) is 2. The summed E-state index contributed by atoms with van der Waals surface area (Å²) >= 11 is 5.73. The van der Waals surface area contributed by atoms with E-state index in [-0.39, 0.29) is 42.4 Å². The van der Waals surface area contributed by atoms with Gasteiger partial charge in [-0.25, -0.2) is 14.5 Å². The minimum atomic E-state index is -4.72. The van der Waals surface area contributed by atoms with Gasteiger partial charge in [-0.05, 0) is 59.2 Å². The van der Waals surface area contributed by atoms with Crippen molar-refractivity contribution in [3.63, 3.8) is 0 Å². The van der Waals surface area contributed by atoms with Crippen LogP contribution < -0.4 is 16.2 Å². The molecule has 2 aromatic heterocycles. The second-order valence-electron chi connectivity index (χ2n) is 10.6. The molecule has 1 aliphatic heterocycles. The van der Waals surface area contributed by atoms with Gasteiger partial charge in [0.25, 0.3) is 17.4 Å². The fraction of sp³-hybridized carbons (Fsp3) is 0.444. The van der Waals surface area contributed by atoms with Crippen LogP contribution >= 0.6 is 11.6 Å². The average molecular weight is 594 g/mol. The second kappa shape index (κ2) is 11.2. The van der Waals surface area contributed by atoms with Crippen LogP contribution in [0.15, 0.2) is 29.2 Å². The molecule has 0 spiro atoms. The van der Waals surface area contributed by atoms with E-state index in [4.69, 9.17) is 11.6 Å². The number of halogens is 4. The standard InChI is InChI=1S/C27H31ClF3N7O3/c1-13(2)33-23(39)22-32-11-21(36(22)6)38-25(41)17-9-15(5)37(12-20(17)35-26(38)34-14(3)4)24(40)16-7-8-19(28)18(10-16)27(29,30)31/h7-8,10-11,13-15H,9,12H2,1-6H3,(H,33,39)(H,34,35)/t15-/m1/s1. The van der Waals surface area contributed by atoms with Gasteiger partial charge in [0.05, 0.1) is 29.0 Å². The number of carbonyl (C=O) groups is 2. The lowest BCUT2D eigenvalue weighted by Gasteiger charge is -2.35. The molecule has 2 amide bonds. The summed E-state index contributed by atoms with van der Waals surface area (Å²) in [4.78, 5) is 50.2. The Bertz CT molecular complexity index is 1560. The van der Waals surface area contributed by atoms with E-state index >= 15 is 0 Å². The lowest BCUT2D eigenvalue weighted by molar-refractivity contribution is -0.137. The van der Waals surface area contributed by atoms with Gasteiger partial charge in [-0.15, -0.1) is 0 Å². The Balaban J connectivity index is 1.77. The van der Waals surface area contributed by atoms with Gasteiger partial charge >= 0.3 is 6.18 Å². The SMILES string of the molecule is CC(C)NC(=O)c1ncc(-n2c(NC(C)C)nc3c(c2=O)C[C@@H](C)N(C(=O)c2ccc(Cl)c(C(F)(F)F)c2)C3)n1C. The number of alkyl halides is 3. The second-order valence-corrected chi connectivity index (χ2v) is 11.0. The van der Waals surface area contributed by atoms with Crippen molar-refractivity contribution in [2.45, 2.75) is 71.9 Å². The van der Waals surface area contributed by atoms with Gasteiger partial charge < -0.3 is 20.1 Å². The zero-order chi connectivity index (χ0) is 30.4. The van der Waals surface area contributed by atoms with Crippen molar-refractivity contribution in [2.24, 2.45) is 7.05 Å². The highest BCUT2D eigenvalue weighted by atomic mass is 35.5. The smallest absolute Gasteiger partial charge is 0.353 e. The van der Waals surface area contributed by atoms with Crippen LogP contribution in [0.3, 0.4) is 0 Å². The fourth-order valence-corrected chi connectivity index (χ4v) is 4.91. The van der Waals surface area contributed by atoms with Crippen molar-refractivity contribution in [1.29, 1.82) is 0 Å². The lowest BCUT2D eigenvalue weighted by atomic mass is 9.98. The number of hydrogen-bond acceptors (Lipinski definition) is 6. The van der Waals surface area contributed by atoms with Crippen molar-refractivity contribution < 1.29 is 22.8 Å². The molecule has 0 bridgehead atoms. The zero-order valence-corrected chi connectivity index (χ0v) is 24.2. The van der Waals surface area contributed by atoms with Gasteiger partial charge in [0, 0.05) is 36.3 Å². The predicted octanol–water partition coefficient (Wildman–Crippen LogP) is 4.18. The molecule has 1 atom stereocenters. The third kappa shape index (κ3) is 5.95. The molecule has 3 heterocycles. The fourth-order valence-electron chi connectivity index (χ4n) is 4.69. The molecule has 1 aliphatic rings. The van der Waals surface area contributed by atoms with Crippen LogP contribution in [0.2, 0.25) is 5.02 Å². The third-order valence-corrected chi connectivity index (χ3v) is 6.96. The largest absolute Gasteiger partial charge is 0.417 e. The maximum Gasteiger partial charge on any atom is 0.417 e. The van der Waals surface area contributed by atoms with Crippen molar-refractivity contribution >= 4 is 29.4 Å². The van der Waals surface area contributed by atoms with Gasteiger partial charge in [0.1, 0.15) is 5.82 Å². The van der Waals surface area contributed by atoms with E-state index in [2.05, 4.69) is 20.6 Å². The summed E-state index contributed by atoms with van der Waals surface area (Å²) in [6, 6.07) is 2.25. The Hall–Kier alpha value is -3.87. The van der Waals surface area contributed by atoms with Gasteiger partial charge in [-0.1, -0.05) is 11.6 Å². The Morgan fingerprint density at radius 3 is 2.44 bits per heavy atom. The summed E-state index contributed by atoms with van der Waals surface area (Å²) in [6.07, 6.45) is -3.19. The van der Waals surface area contributed by atoms with Gasteiger partial charge in [-0.2, -0.15) is 13.2 Å². The van der Waals surface area contributed by atoms with Crippen molar-refractivity contribution in [2.75, 3.05) is 5.32 Å². The maximum absolute atomic E-state index is 13.9. The highest BCUT2D eigenvalue weighted by Crippen LogP contribution is 2.36. The number of fused-ring (bicyclic) bond motifs is 1. The number of benzene rings is 1. The summed E-state index contributed by atoms with van der Waals surface area (Å²) in [5.74, 6) is -0.434. The van der Waals surface area contributed by atoms with Crippen LogP contribution in [0.4, 0.5) is 19.1 Å². The molecule has 0 fully saturated rings. The van der Waals surface area contributed by atoms with Crippen LogP contribution in [0, 0.1) is 0 Å². The zero-order valence-electron chi connectivity index (χ0n) is 23.4. The summed E-state index contributed by atoms with van der Waals surface area (Å²) < 4.78 is 43.1. The molecule has 0 radical (unpaired) electrons. The first-order valence-corrected chi connectivity index (χ1v) is 13.4. The van der Waals surface area contributed by atoms with E-state index in [0.29, 0.717) is 17.1 Å². The molecule has 0 saturated carbocycles. The lowest BCUT2D eigenvalue weighted by Crippen LogP contribution is -2.46. The number of nitrogens with one attached hydrogen (secondary N) is 2. The highest BCUT2D eigenvalue weighted by Gasteiger charge is 2.36. The number of carbonyl (C=O) groups excluding carboxylic acids is 2. The molecule has 14 heteroatoms. The van der Waals surface area contributed by atoms with E-state index in [1.54, 1.807) is 14.0 Å². The minimum absolute atomic E-state index is 0.0877. The summed E-state index contributed by atoms with van der Waals surface area (Å²) in [5.41, 5.74) is -0.991. The molecule has 41 heavy (non-hydrogen) atoms. The minimum Gasteiger partial charge on any atom is -0.353 e. The van der Waals surface area contributed by atoms with E-state index < -0.39 is 40.2 Å². The van der Waals surface area contributed by atoms with E-state index in [0.717, 1.165) is 12.1 Å². The van der Waals surface area contributed by atoms with Gasteiger partial charge in [0.2, 0.25) is 5.95 Å². The molecule has 3 aromatic rings. The topological polar surface area (TPSA) is 114 Å². The predicted molar refractivity (Wildman–Crippen MR) is 147 cm³/mol. The van der Waals surface area contributed by atoms with Gasteiger partial charge in [0.15, 0.2) is 5.82 Å². The third-order valence-electron chi connectivity index (χ3n) is 6.63. The first kappa shape index (κ1) is 30.1. The normalized spacial score (nSPS) is 15.3. The molecule has 0 aliphatic carbocycles. The first-order chi connectivity index (χ1) is 19.1. The number of nitrogens with zero attached hydrogens (tertiary/aromatic N) is 5. The van der Waals surface area contributed by atoms with Crippen LogP contribution in [0.5, 0.6) is 0 Å². The van der Waals surface area contributed by atoms with E-state index in [1.165, 1.54) is 26.3 Å². The molecular weight excluding hydrogens is 563 g/mol. The van der Waals surface area contributed by atoms with Crippen LogP contribution in [-0.2, 0) is 26.2 Å². The molecule has 0 saturated heterocycles. The Kier molecular flexibility index (Phi) is 8.21. The average Bonchev–Trinajstić information content (AvgIpc) is 3.23. The van der Waals surface area contributed by atoms with Crippen LogP contribution in [0.25, 0.3) is 5.82 Å².